The van der Waals surface area contributed by atoms with Crippen LogP contribution in [0.5, 0.6) is 0 Å². The molecule has 0 N–H and O–H groups in total. The molecule has 0 saturated carbocycles. The van der Waals surface area contributed by atoms with E-state index in [0.29, 0.717) is 31.7 Å². The fourth-order valence-electron chi connectivity index (χ4n) is 3.05. The maximum atomic E-state index is 12.3. The zero-order valence-electron chi connectivity index (χ0n) is 15.6. The third-order valence-corrected chi connectivity index (χ3v) is 4.35. The Bertz CT molecular complexity index is 654. The highest BCUT2D eigenvalue weighted by molar-refractivity contribution is 5.68. The van der Waals surface area contributed by atoms with Gasteiger partial charge in [-0.25, -0.2) is 4.79 Å². The maximum absolute atomic E-state index is 12.3. The monoisotopic (exact) mass is 349 g/mol. The van der Waals surface area contributed by atoms with Crippen LogP contribution in [0.2, 0.25) is 0 Å². The lowest BCUT2D eigenvalue weighted by atomic mass is 10.1. The summed E-state index contributed by atoms with van der Waals surface area (Å²) in [7, 11) is 0. The summed E-state index contributed by atoms with van der Waals surface area (Å²) in [5, 5.41) is 11.1. The van der Waals surface area contributed by atoms with E-state index in [2.05, 4.69) is 4.90 Å². The highest BCUT2D eigenvalue weighted by Crippen LogP contribution is 2.23. The predicted molar refractivity (Wildman–Crippen MR) is 95.5 cm³/mol. The van der Waals surface area contributed by atoms with Gasteiger partial charge in [0, 0.05) is 43.9 Å². The van der Waals surface area contributed by atoms with E-state index < -0.39 is 5.60 Å². The molecule has 0 radical (unpaired) electrons. The first-order valence-corrected chi connectivity index (χ1v) is 8.53. The Balaban J connectivity index is 2.01. The second kappa shape index (κ2) is 7.39. The van der Waals surface area contributed by atoms with Gasteiger partial charge >= 0.3 is 6.09 Å². The molecule has 1 heterocycles. The van der Waals surface area contributed by atoms with Crippen molar-refractivity contribution < 1.29 is 14.5 Å². The molecule has 1 fully saturated rings. The number of benzene rings is 1. The molecular weight excluding hydrogens is 322 g/mol. The highest BCUT2D eigenvalue weighted by atomic mass is 16.6. The van der Waals surface area contributed by atoms with Crippen molar-refractivity contribution in [3.05, 3.63) is 39.4 Å². The van der Waals surface area contributed by atoms with E-state index in [0.717, 1.165) is 5.56 Å². The van der Waals surface area contributed by atoms with E-state index >= 15 is 0 Å². The van der Waals surface area contributed by atoms with Gasteiger partial charge in [-0.05, 0) is 40.2 Å². The second-order valence-electron chi connectivity index (χ2n) is 7.58. The maximum Gasteiger partial charge on any atom is 0.410 e. The van der Waals surface area contributed by atoms with Crippen LogP contribution >= 0.6 is 0 Å². The first-order chi connectivity index (χ1) is 11.6. The van der Waals surface area contributed by atoms with Crippen molar-refractivity contribution in [1.82, 2.24) is 9.80 Å². The number of nitro groups is 1. The van der Waals surface area contributed by atoms with E-state index in [1.165, 1.54) is 6.07 Å². The number of nitro benzene ring substituents is 1. The summed E-state index contributed by atoms with van der Waals surface area (Å²) in [5.74, 6) is 0. The summed E-state index contributed by atoms with van der Waals surface area (Å²) < 4.78 is 5.46. The third kappa shape index (κ3) is 4.92. The SMILES string of the molecule is Cc1c(CN2CCN(C(=O)OC(C)(C)C)[C@@H](C)C2)cccc1[N+](=O)[O-]. The van der Waals surface area contributed by atoms with Gasteiger partial charge in [0.1, 0.15) is 5.60 Å². The minimum atomic E-state index is -0.506. The number of nitrogens with zero attached hydrogens (tertiary/aromatic N) is 3. The number of carbonyl (C=O) groups excluding carboxylic acids is 1. The van der Waals surface area contributed by atoms with Crippen LogP contribution in [0.4, 0.5) is 10.5 Å². The van der Waals surface area contributed by atoms with Crippen LogP contribution in [0, 0.1) is 17.0 Å². The van der Waals surface area contributed by atoms with E-state index in [1.807, 2.05) is 33.8 Å². The average molecular weight is 349 g/mol. The summed E-state index contributed by atoms with van der Waals surface area (Å²) in [5.41, 5.74) is 1.30. The quantitative estimate of drug-likeness (QED) is 0.618. The van der Waals surface area contributed by atoms with Crippen molar-refractivity contribution in [2.24, 2.45) is 0 Å². The number of carbonyl (C=O) groups is 1. The Morgan fingerprint density at radius 1 is 1.36 bits per heavy atom. The lowest BCUT2D eigenvalue weighted by molar-refractivity contribution is -0.385. The molecule has 1 amide bonds. The van der Waals surface area contributed by atoms with Crippen LogP contribution in [0.15, 0.2) is 18.2 Å². The molecule has 0 spiro atoms. The van der Waals surface area contributed by atoms with Crippen molar-refractivity contribution in [1.29, 1.82) is 0 Å². The Labute approximate surface area is 148 Å². The first-order valence-electron chi connectivity index (χ1n) is 8.53. The zero-order chi connectivity index (χ0) is 18.8. The second-order valence-corrected chi connectivity index (χ2v) is 7.58. The molecule has 1 saturated heterocycles. The van der Waals surface area contributed by atoms with Gasteiger partial charge in [0.15, 0.2) is 0 Å². The molecule has 0 bridgehead atoms. The molecule has 0 aliphatic carbocycles. The summed E-state index contributed by atoms with van der Waals surface area (Å²) in [6.07, 6.45) is -0.286. The number of ether oxygens (including phenoxy) is 1. The molecule has 0 aromatic heterocycles. The molecule has 2 rings (SSSR count). The molecule has 1 aliphatic heterocycles. The lowest BCUT2D eigenvalue weighted by Crippen LogP contribution is -2.54. The summed E-state index contributed by atoms with van der Waals surface area (Å²) in [6.45, 7) is 12.0. The van der Waals surface area contributed by atoms with Crippen LogP contribution < -0.4 is 0 Å². The van der Waals surface area contributed by atoms with Gasteiger partial charge in [-0.15, -0.1) is 0 Å². The van der Waals surface area contributed by atoms with Crippen molar-refractivity contribution in [3.63, 3.8) is 0 Å². The normalized spacial score (nSPS) is 18.9. The molecule has 7 heteroatoms. The van der Waals surface area contributed by atoms with Crippen LogP contribution in [0.1, 0.15) is 38.8 Å². The Kier molecular flexibility index (Phi) is 5.67. The molecule has 1 atom stereocenters. The van der Waals surface area contributed by atoms with E-state index in [1.54, 1.807) is 17.9 Å². The van der Waals surface area contributed by atoms with Crippen molar-refractivity contribution in [2.75, 3.05) is 19.6 Å². The Hall–Kier alpha value is -2.15. The number of hydrogen-bond acceptors (Lipinski definition) is 5. The molecule has 25 heavy (non-hydrogen) atoms. The van der Waals surface area contributed by atoms with E-state index in [9.17, 15) is 14.9 Å². The number of hydrogen-bond donors (Lipinski definition) is 0. The van der Waals surface area contributed by atoms with Gasteiger partial charge in [0.25, 0.3) is 5.69 Å². The van der Waals surface area contributed by atoms with Gasteiger partial charge in [0.2, 0.25) is 0 Å². The van der Waals surface area contributed by atoms with Crippen molar-refractivity contribution >= 4 is 11.8 Å². The zero-order valence-corrected chi connectivity index (χ0v) is 15.6. The van der Waals surface area contributed by atoms with Crippen molar-refractivity contribution in [2.45, 2.75) is 52.8 Å². The molecule has 0 unspecified atom stereocenters. The minimum absolute atomic E-state index is 0.0302. The topological polar surface area (TPSA) is 75.9 Å². The predicted octanol–water partition coefficient (Wildman–Crippen LogP) is 3.34. The first kappa shape index (κ1) is 19.2. The molecule has 1 aromatic rings. The number of rotatable bonds is 3. The molecular formula is C18H27N3O4. The van der Waals surface area contributed by atoms with Gasteiger partial charge < -0.3 is 9.64 Å². The fourth-order valence-corrected chi connectivity index (χ4v) is 3.05. The van der Waals surface area contributed by atoms with Gasteiger partial charge in [-0.1, -0.05) is 12.1 Å². The Morgan fingerprint density at radius 2 is 2.04 bits per heavy atom. The van der Waals surface area contributed by atoms with E-state index in [-0.39, 0.29) is 22.7 Å². The number of amides is 1. The Morgan fingerprint density at radius 3 is 2.60 bits per heavy atom. The molecule has 1 aromatic carbocycles. The molecule has 1 aliphatic rings. The smallest absolute Gasteiger partial charge is 0.410 e. The highest BCUT2D eigenvalue weighted by Gasteiger charge is 2.31. The average Bonchev–Trinajstić information content (AvgIpc) is 2.47. The summed E-state index contributed by atoms with van der Waals surface area (Å²) >= 11 is 0. The molecule has 7 nitrogen and oxygen atoms in total. The van der Waals surface area contributed by atoms with Crippen LogP contribution in [-0.2, 0) is 11.3 Å². The van der Waals surface area contributed by atoms with E-state index in [4.69, 9.17) is 4.74 Å². The van der Waals surface area contributed by atoms with Crippen LogP contribution in [-0.4, -0.2) is 52.1 Å². The van der Waals surface area contributed by atoms with Crippen molar-refractivity contribution in [3.8, 4) is 0 Å². The van der Waals surface area contributed by atoms with Crippen LogP contribution in [0.3, 0.4) is 0 Å². The fraction of sp³-hybridized carbons (Fsp3) is 0.611. The minimum Gasteiger partial charge on any atom is -0.444 e. The third-order valence-electron chi connectivity index (χ3n) is 4.35. The van der Waals surface area contributed by atoms with Gasteiger partial charge in [-0.3, -0.25) is 15.0 Å². The number of piperazine rings is 1. The summed E-state index contributed by atoms with van der Waals surface area (Å²) in [4.78, 5) is 27.0. The summed E-state index contributed by atoms with van der Waals surface area (Å²) in [6, 6.07) is 5.21. The standard InChI is InChI=1S/C18H27N3O4/c1-13-11-19(9-10-20(13)17(22)25-18(3,4)5)12-15-7-6-8-16(14(15)2)21(23)24/h6-8,13H,9-12H2,1-5H3/t13-/m0/s1. The van der Waals surface area contributed by atoms with Crippen LogP contribution in [0.25, 0.3) is 0 Å². The molecule has 138 valence electrons. The van der Waals surface area contributed by atoms with Gasteiger partial charge in [0.05, 0.1) is 4.92 Å². The lowest BCUT2D eigenvalue weighted by Gasteiger charge is -2.40. The van der Waals surface area contributed by atoms with Gasteiger partial charge in [-0.2, -0.15) is 0 Å². The largest absolute Gasteiger partial charge is 0.444 e.